The fourth-order valence-electron chi connectivity index (χ4n) is 2.87. The van der Waals surface area contributed by atoms with Gasteiger partial charge in [0.25, 0.3) is 10.0 Å². The van der Waals surface area contributed by atoms with Crippen LogP contribution in [0.1, 0.15) is 26.3 Å². The summed E-state index contributed by atoms with van der Waals surface area (Å²) in [6.07, 6.45) is 0. The summed E-state index contributed by atoms with van der Waals surface area (Å²) in [5, 5.41) is 5.39. The van der Waals surface area contributed by atoms with Gasteiger partial charge in [-0.2, -0.15) is 0 Å². The SMILES string of the molecule is CC(=O)Nc1ccc(S(=O)(=O)Nc2ccc3c(c2)NC(=O)C(C)(C)CO3)c(C)c1. The molecule has 0 aliphatic carbocycles. The predicted molar refractivity (Wildman–Crippen MR) is 111 cm³/mol. The zero-order valence-electron chi connectivity index (χ0n) is 16.6. The van der Waals surface area contributed by atoms with E-state index in [-0.39, 0.29) is 29.0 Å². The summed E-state index contributed by atoms with van der Waals surface area (Å²) in [6.45, 7) is 6.78. The Morgan fingerprint density at radius 1 is 1.14 bits per heavy atom. The molecular weight excluding hydrogens is 394 g/mol. The van der Waals surface area contributed by atoms with Crippen LogP contribution in [0.15, 0.2) is 41.3 Å². The number of anilines is 3. The number of amides is 2. The quantitative estimate of drug-likeness (QED) is 0.707. The average Bonchev–Trinajstić information content (AvgIpc) is 2.70. The highest BCUT2D eigenvalue weighted by Crippen LogP contribution is 2.35. The van der Waals surface area contributed by atoms with Crippen LogP contribution in [0.4, 0.5) is 17.1 Å². The minimum atomic E-state index is -3.88. The van der Waals surface area contributed by atoms with Gasteiger partial charge in [-0.1, -0.05) is 0 Å². The normalized spacial score (nSPS) is 15.4. The molecular formula is C20H23N3O5S. The zero-order valence-corrected chi connectivity index (χ0v) is 17.4. The maximum absolute atomic E-state index is 12.8. The molecule has 0 aromatic heterocycles. The first-order valence-corrected chi connectivity index (χ1v) is 10.5. The summed E-state index contributed by atoms with van der Waals surface area (Å²) in [5.74, 6) is 0.0268. The molecule has 2 aromatic carbocycles. The van der Waals surface area contributed by atoms with Gasteiger partial charge >= 0.3 is 0 Å². The van der Waals surface area contributed by atoms with Crippen molar-refractivity contribution < 1.29 is 22.7 Å². The largest absolute Gasteiger partial charge is 0.490 e. The Hall–Kier alpha value is -3.07. The van der Waals surface area contributed by atoms with Gasteiger partial charge in [0.2, 0.25) is 11.8 Å². The molecule has 0 spiro atoms. The van der Waals surface area contributed by atoms with Crippen molar-refractivity contribution in [3.05, 3.63) is 42.0 Å². The van der Waals surface area contributed by atoms with E-state index < -0.39 is 15.4 Å². The Morgan fingerprint density at radius 3 is 2.48 bits per heavy atom. The Labute approximate surface area is 169 Å². The molecule has 9 heteroatoms. The standard InChI is InChI=1S/C20H23N3O5S/c1-12-9-14(21-13(2)24)6-8-18(12)29(26,27)23-15-5-7-17-16(10-15)22-19(25)20(3,4)11-28-17/h5-10,23H,11H2,1-4H3,(H,21,24)(H,22,25). The molecule has 8 nitrogen and oxygen atoms in total. The second-order valence-corrected chi connectivity index (χ2v) is 9.26. The molecule has 1 aliphatic heterocycles. The van der Waals surface area contributed by atoms with Crippen LogP contribution in [0.5, 0.6) is 5.75 Å². The van der Waals surface area contributed by atoms with Gasteiger partial charge in [0.15, 0.2) is 0 Å². The third-order valence-corrected chi connectivity index (χ3v) is 6.01. The highest BCUT2D eigenvalue weighted by molar-refractivity contribution is 7.92. The van der Waals surface area contributed by atoms with E-state index >= 15 is 0 Å². The van der Waals surface area contributed by atoms with Crippen LogP contribution < -0.4 is 20.1 Å². The van der Waals surface area contributed by atoms with Gasteiger partial charge in [-0.3, -0.25) is 14.3 Å². The number of carbonyl (C=O) groups is 2. The first-order valence-electron chi connectivity index (χ1n) is 8.97. The van der Waals surface area contributed by atoms with E-state index in [0.29, 0.717) is 22.7 Å². The number of benzene rings is 2. The molecule has 3 rings (SSSR count). The number of fused-ring (bicyclic) bond motifs is 1. The van der Waals surface area contributed by atoms with Crippen LogP contribution in [-0.2, 0) is 19.6 Å². The van der Waals surface area contributed by atoms with E-state index in [9.17, 15) is 18.0 Å². The van der Waals surface area contributed by atoms with Gasteiger partial charge in [-0.15, -0.1) is 0 Å². The lowest BCUT2D eigenvalue weighted by Gasteiger charge is -2.18. The first kappa shape index (κ1) is 20.7. The van der Waals surface area contributed by atoms with Crippen molar-refractivity contribution in [1.29, 1.82) is 0 Å². The van der Waals surface area contributed by atoms with E-state index in [2.05, 4.69) is 15.4 Å². The lowest BCUT2D eigenvalue weighted by atomic mass is 9.94. The van der Waals surface area contributed by atoms with E-state index in [1.165, 1.54) is 25.1 Å². The maximum atomic E-state index is 12.8. The van der Waals surface area contributed by atoms with Crippen molar-refractivity contribution in [3.63, 3.8) is 0 Å². The van der Waals surface area contributed by atoms with Crippen LogP contribution in [-0.4, -0.2) is 26.8 Å². The van der Waals surface area contributed by atoms with Crippen molar-refractivity contribution in [3.8, 4) is 5.75 Å². The molecule has 0 bridgehead atoms. The van der Waals surface area contributed by atoms with Gasteiger partial charge < -0.3 is 15.4 Å². The highest BCUT2D eigenvalue weighted by atomic mass is 32.2. The average molecular weight is 417 g/mol. The van der Waals surface area contributed by atoms with Crippen LogP contribution >= 0.6 is 0 Å². The second-order valence-electron chi connectivity index (χ2n) is 7.60. The number of nitrogens with one attached hydrogen (secondary N) is 3. The van der Waals surface area contributed by atoms with E-state index in [4.69, 9.17) is 4.74 Å². The molecule has 0 fully saturated rings. The van der Waals surface area contributed by atoms with Crippen molar-refractivity contribution in [2.45, 2.75) is 32.6 Å². The molecule has 1 aliphatic rings. The van der Waals surface area contributed by atoms with Crippen LogP contribution in [0.2, 0.25) is 0 Å². The second kappa shape index (κ2) is 7.40. The minimum Gasteiger partial charge on any atom is -0.490 e. The molecule has 0 atom stereocenters. The molecule has 0 unspecified atom stereocenters. The third-order valence-electron chi connectivity index (χ3n) is 4.47. The minimum absolute atomic E-state index is 0.0861. The van der Waals surface area contributed by atoms with Crippen molar-refractivity contribution in [1.82, 2.24) is 0 Å². The number of carbonyl (C=O) groups excluding carboxylic acids is 2. The summed E-state index contributed by atoms with van der Waals surface area (Å²) in [6, 6.07) is 9.25. The van der Waals surface area contributed by atoms with Gasteiger partial charge in [0.05, 0.1) is 21.7 Å². The highest BCUT2D eigenvalue weighted by Gasteiger charge is 2.32. The summed E-state index contributed by atoms with van der Waals surface area (Å²) >= 11 is 0. The summed E-state index contributed by atoms with van der Waals surface area (Å²) in [4.78, 5) is 23.6. The lowest BCUT2D eigenvalue weighted by Crippen LogP contribution is -2.33. The molecule has 154 valence electrons. The molecule has 0 saturated heterocycles. The topological polar surface area (TPSA) is 114 Å². The number of hydrogen-bond donors (Lipinski definition) is 3. The molecule has 0 saturated carbocycles. The van der Waals surface area contributed by atoms with Gasteiger partial charge in [0, 0.05) is 12.6 Å². The van der Waals surface area contributed by atoms with Crippen molar-refractivity contribution >= 4 is 38.9 Å². The van der Waals surface area contributed by atoms with Crippen LogP contribution in [0, 0.1) is 12.3 Å². The fourth-order valence-corrected chi connectivity index (χ4v) is 4.15. The Morgan fingerprint density at radius 2 is 1.83 bits per heavy atom. The molecule has 29 heavy (non-hydrogen) atoms. The number of ether oxygens (including phenoxy) is 1. The third kappa shape index (κ3) is 4.51. The smallest absolute Gasteiger partial charge is 0.262 e. The Bertz CT molecular complexity index is 1090. The molecule has 3 N–H and O–H groups in total. The van der Waals surface area contributed by atoms with E-state index in [1.54, 1.807) is 39.0 Å². The predicted octanol–water partition coefficient (Wildman–Crippen LogP) is 3.11. The van der Waals surface area contributed by atoms with Gasteiger partial charge in [-0.05, 0) is 62.7 Å². The Balaban J connectivity index is 1.87. The molecule has 0 radical (unpaired) electrons. The van der Waals surface area contributed by atoms with Crippen LogP contribution in [0.3, 0.4) is 0 Å². The van der Waals surface area contributed by atoms with Crippen LogP contribution in [0.25, 0.3) is 0 Å². The van der Waals surface area contributed by atoms with Gasteiger partial charge in [-0.25, -0.2) is 8.42 Å². The number of hydrogen-bond acceptors (Lipinski definition) is 5. The van der Waals surface area contributed by atoms with Gasteiger partial charge in [0.1, 0.15) is 12.4 Å². The molecule has 1 heterocycles. The number of sulfonamides is 1. The lowest BCUT2D eigenvalue weighted by molar-refractivity contribution is -0.125. The number of rotatable bonds is 4. The summed E-state index contributed by atoms with van der Waals surface area (Å²) in [5.41, 5.74) is 0.986. The Kier molecular flexibility index (Phi) is 5.27. The van der Waals surface area contributed by atoms with E-state index in [0.717, 1.165) is 0 Å². The van der Waals surface area contributed by atoms with Crippen molar-refractivity contribution in [2.75, 3.05) is 22.0 Å². The molecule has 2 aromatic rings. The zero-order chi connectivity index (χ0) is 21.4. The van der Waals surface area contributed by atoms with E-state index in [1.807, 2.05) is 0 Å². The summed E-state index contributed by atoms with van der Waals surface area (Å²) in [7, 11) is -3.88. The first-order chi connectivity index (χ1) is 13.5. The maximum Gasteiger partial charge on any atom is 0.262 e. The monoisotopic (exact) mass is 417 g/mol. The summed E-state index contributed by atoms with van der Waals surface area (Å²) < 4.78 is 33.9. The fraction of sp³-hybridized carbons (Fsp3) is 0.300. The number of aryl methyl sites for hydroxylation is 1. The molecule has 2 amide bonds. The van der Waals surface area contributed by atoms with Crippen molar-refractivity contribution in [2.24, 2.45) is 5.41 Å².